The van der Waals surface area contributed by atoms with Crippen LogP contribution in [0.4, 0.5) is 16.2 Å². The Bertz CT molecular complexity index is 853. The van der Waals surface area contributed by atoms with Gasteiger partial charge >= 0.3 is 6.03 Å². The van der Waals surface area contributed by atoms with Crippen LogP contribution in [0.2, 0.25) is 5.02 Å². The Kier molecular flexibility index (Phi) is 5.18. The van der Waals surface area contributed by atoms with Crippen molar-refractivity contribution in [2.45, 2.75) is 26.8 Å². The summed E-state index contributed by atoms with van der Waals surface area (Å²) < 4.78 is 0. The molecule has 1 N–H and O–H groups in total. The summed E-state index contributed by atoms with van der Waals surface area (Å²) in [6, 6.07) is 12.2. The van der Waals surface area contributed by atoms with E-state index in [1.54, 1.807) is 41.0 Å². The molecule has 136 valence electrons. The van der Waals surface area contributed by atoms with Crippen molar-refractivity contribution in [3.8, 4) is 0 Å². The van der Waals surface area contributed by atoms with Crippen LogP contribution in [0.25, 0.3) is 0 Å². The third kappa shape index (κ3) is 3.68. The summed E-state index contributed by atoms with van der Waals surface area (Å²) in [5.74, 6) is -0.0776. The average molecular weight is 372 g/mol. The molecule has 1 fully saturated rings. The van der Waals surface area contributed by atoms with E-state index in [2.05, 4.69) is 5.32 Å². The van der Waals surface area contributed by atoms with Crippen LogP contribution in [0.5, 0.6) is 0 Å². The highest BCUT2D eigenvalue weighted by molar-refractivity contribution is 6.30. The predicted octanol–water partition coefficient (Wildman–Crippen LogP) is 4.23. The van der Waals surface area contributed by atoms with Crippen molar-refractivity contribution < 1.29 is 9.59 Å². The third-order valence-corrected chi connectivity index (χ3v) is 4.88. The first-order chi connectivity index (χ1) is 12.4. The second kappa shape index (κ2) is 7.38. The molecule has 3 rings (SSSR count). The van der Waals surface area contributed by atoms with Gasteiger partial charge in [0.1, 0.15) is 6.04 Å². The number of piperazine rings is 1. The molecule has 1 aliphatic heterocycles. The molecular formula is C20H22ClN3O2. The van der Waals surface area contributed by atoms with Gasteiger partial charge in [0.05, 0.1) is 0 Å². The van der Waals surface area contributed by atoms with Gasteiger partial charge in [0.15, 0.2) is 0 Å². The van der Waals surface area contributed by atoms with Gasteiger partial charge in [-0.25, -0.2) is 4.79 Å². The number of nitrogens with one attached hydrogen (secondary N) is 1. The van der Waals surface area contributed by atoms with Gasteiger partial charge < -0.3 is 15.1 Å². The first-order valence-electron chi connectivity index (χ1n) is 8.58. The van der Waals surface area contributed by atoms with Gasteiger partial charge in [-0.15, -0.1) is 0 Å². The van der Waals surface area contributed by atoms with Crippen molar-refractivity contribution in [3.63, 3.8) is 0 Å². The molecule has 0 aromatic heterocycles. The Hall–Kier alpha value is -2.53. The Morgan fingerprint density at radius 2 is 1.92 bits per heavy atom. The number of amides is 3. The number of halogens is 1. The second-order valence-corrected chi connectivity index (χ2v) is 7.03. The number of urea groups is 1. The van der Waals surface area contributed by atoms with Gasteiger partial charge in [0.2, 0.25) is 5.91 Å². The molecule has 26 heavy (non-hydrogen) atoms. The molecule has 2 aromatic carbocycles. The fourth-order valence-electron chi connectivity index (χ4n) is 3.16. The molecule has 1 aliphatic rings. The van der Waals surface area contributed by atoms with E-state index in [1.165, 1.54) is 0 Å². The topological polar surface area (TPSA) is 52.6 Å². The van der Waals surface area contributed by atoms with Crippen molar-refractivity contribution in [2.75, 3.05) is 23.3 Å². The number of carbonyl (C=O) groups excluding carboxylic acids is 2. The lowest BCUT2D eigenvalue weighted by Crippen LogP contribution is -2.58. The molecule has 5 nitrogen and oxygen atoms in total. The van der Waals surface area contributed by atoms with Crippen LogP contribution < -0.4 is 10.2 Å². The maximum absolute atomic E-state index is 12.9. The van der Waals surface area contributed by atoms with E-state index < -0.39 is 6.04 Å². The van der Waals surface area contributed by atoms with Gasteiger partial charge in [0.25, 0.3) is 0 Å². The summed E-state index contributed by atoms with van der Waals surface area (Å²) >= 11 is 5.95. The molecule has 3 amide bonds. The highest BCUT2D eigenvalue weighted by Gasteiger charge is 2.35. The predicted molar refractivity (Wildman–Crippen MR) is 105 cm³/mol. The number of benzene rings is 2. The van der Waals surface area contributed by atoms with Gasteiger partial charge in [-0.3, -0.25) is 4.79 Å². The van der Waals surface area contributed by atoms with E-state index in [0.717, 1.165) is 16.8 Å². The average Bonchev–Trinajstić information content (AvgIpc) is 2.59. The molecule has 0 spiro atoms. The summed E-state index contributed by atoms with van der Waals surface area (Å²) in [6.45, 7) is 6.69. The molecule has 1 saturated heterocycles. The molecule has 1 heterocycles. The normalized spacial score (nSPS) is 17.4. The molecule has 0 bridgehead atoms. The molecule has 0 unspecified atom stereocenters. The molecule has 0 radical (unpaired) electrons. The Morgan fingerprint density at radius 1 is 1.15 bits per heavy atom. The monoisotopic (exact) mass is 371 g/mol. The van der Waals surface area contributed by atoms with Crippen LogP contribution in [0.1, 0.15) is 18.1 Å². The smallest absolute Gasteiger partial charge is 0.311 e. The van der Waals surface area contributed by atoms with Crippen LogP contribution in [0.3, 0.4) is 0 Å². The summed E-state index contributed by atoms with van der Waals surface area (Å²) in [5.41, 5.74) is 3.68. The quantitative estimate of drug-likeness (QED) is 0.859. The zero-order chi connectivity index (χ0) is 18.8. The van der Waals surface area contributed by atoms with Crippen LogP contribution in [0, 0.1) is 13.8 Å². The lowest BCUT2D eigenvalue weighted by atomic mass is 10.1. The van der Waals surface area contributed by atoms with Gasteiger partial charge in [0, 0.05) is 29.5 Å². The fraction of sp³-hybridized carbons (Fsp3) is 0.300. The van der Waals surface area contributed by atoms with E-state index in [9.17, 15) is 9.59 Å². The number of carbonyl (C=O) groups is 2. The molecule has 1 atom stereocenters. The molecular weight excluding hydrogens is 350 g/mol. The van der Waals surface area contributed by atoms with Gasteiger partial charge in [-0.1, -0.05) is 29.8 Å². The molecule has 0 aliphatic carbocycles. The minimum absolute atomic E-state index is 0.0776. The number of hydrogen-bond acceptors (Lipinski definition) is 2. The zero-order valence-electron chi connectivity index (χ0n) is 15.1. The molecule has 0 saturated carbocycles. The van der Waals surface area contributed by atoms with Crippen molar-refractivity contribution in [1.29, 1.82) is 0 Å². The lowest BCUT2D eigenvalue weighted by molar-refractivity contribution is -0.123. The lowest BCUT2D eigenvalue weighted by Gasteiger charge is -2.39. The van der Waals surface area contributed by atoms with Crippen molar-refractivity contribution >= 4 is 34.9 Å². The number of aryl methyl sites for hydroxylation is 2. The number of anilines is 2. The standard InChI is InChI=1S/C20H22ClN3O2/c1-13-7-8-14(2)18(11-13)24-10-9-23(15(3)19(24)25)20(26)22-17-6-4-5-16(21)12-17/h4-8,11-12,15H,9-10H2,1-3H3,(H,22,26)/t15-/m0/s1. The van der Waals surface area contributed by atoms with Crippen LogP contribution >= 0.6 is 11.6 Å². The fourth-order valence-corrected chi connectivity index (χ4v) is 3.35. The van der Waals surface area contributed by atoms with E-state index in [4.69, 9.17) is 11.6 Å². The SMILES string of the molecule is Cc1ccc(C)c(N2CCN(C(=O)Nc3cccc(Cl)c3)[C@@H](C)C2=O)c1. The zero-order valence-corrected chi connectivity index (χ0v) is 15.9. The van der Waals surface area contributed by atoms with Crippen LogP contribution in [-0.4, -0.2) is 36.0 Å². The van der Waals surface area contributed by atoms with Crippen molar-refractivity contribution in [1.82, 2.24) is 4.90 Å². The minimum atomic E-state index is -0.539. The Morgan fingerprint density at radius 3 is 2.65 bits per heavy atom. The summed E-state index contributed by atoms with van der Waals surface area (Å²) in [7, 11) is 0. The summed E-state index contributed by atoms with van der Waals surface area (Å²) in [6.07, 6.45) is 0. The molecule has 2 aromatic rings. The highest BCUT2D eigenvalue weighted by atomic mass is 35.5. The van der Waals surface area contributed by atoms with Gasteiger partial charge in [-0.2, -0.15) is 0 Å². The Balaban J connectivity index is 1.75. The first kappa shape index (κ1) is 18.3. The van der Waals surface area contributed by atoms with Crippen LogP contribution in [0.15, 0.2) is 42.5 Å². The maximum atomic E-state index is 12.9. The summed E-state index contributed by atoms with van der Waals surface area (Å²) in [5, 5.41) is 3.36. The minimum Gasteiger partial charge on any atom is -0.311 e. The largest absolute Gasteiger partial charge is 0.322 e. The van der Waals surface area contributed by atoms with Crippen molar-refractivity contribution in [2.24, 2.45) is 0 Å². The highest BCUT2D eigenvalue weighted by Crippen LogP contribution is 2.26. The van der Waals surface area contributed by atoms with Crippen LogP contribution in [-0.2, 0) is 4.79 Å². The second-order valence-electron chi connectivity index (χ2n) is 6.59. The van der Waals surface area contributed by atoms with E-state index in [0.29, 0.717) is 23.8 Å². The number of hydrogen-bond donors (Lipinski definition) is 1. The van der Waals surface area contributed by atoms with Gasteiger partial charge in [-0.05, 0) is 56.2 Å². The first-order valence-corrected chi connectivity index (χ1v) is 8.96. The third-order valence-electron chi connectivity index (χ3n) is 4.65. The summed E-state index contributed by atoms with van der Waals surface area (Å²) in [4.78, 5) is 28.8. The molecule has 6 heteroatoms. The maximum Gasteiger partial charge on any atom is 0.322 e. The number of rotatable bonds is 2. The number of nitrogens with zero attached hydrogens (tertiary/aromatic N) is 2. The van der Waals surface area contributed by atoms with Crippen molar-refractivity contribution in [3.05, 3.63) is 58.6 Å². The Labute approximate surface area is 158 Å². The van der Waals surface area contributed by atoms with E-state index >= 15 is 0 Å². The van der Waals surface area contributed by atoms with E-state index in [-0.39, 0.29) is 11.9 Å². The van der Waals surface area contributed by atoms with E-state index in [1.807, 2.05) is 32.0 Å².